The van der Waals surface area contributed by atoms with Crippen molar-refractivity contribution in [3.63, 3.8) is 0 Å². The van der Waals surface area contributed by atoms with E-state index in [0.717, 1.165) is 22.5 Å². The predicted molar refractivity (Wildman–Crippen MR) is 128 cm³/mol. The summed E-state index contributed by atoms with van der Waals surface area (Å²) in [6, 6.07) is 21.9. The van der Waals surface area contributed by atoms with Gasteiger partial charge in [0.15, 0.2) is 0 Å². The number of benzene rings is 3. The van der Waals surface area contributed by atoms with E-state index in [1.54, 1.807) is 29.0 Å². The molecule has 1 aliphatic rings. The standard InChI is InChI=1S/C26H27N3O3/c1-18-5-9-21(10-6-18)28-17-24(30)29(22-13-15-23(32-4)16-14-22)25(26(28)31)19-7-11-20(12-8-19)27(2)3/h5-16,25H,17H2,1-4H3/t25-/m1/s1. The number of hydrogen-bond acceptors (Lipinski definition) is 4. The van der Waals surface area contributed by atoms with Crippen molar-refractivity contribution in [2.45, 2.75) is 13.0 Å². The van der Waals surface area contributed by atoms with Gasteiger partial charge in [-0.3, -0.25) is 14.5 Å². The van der Waals surface area contributed by atoms with Gasteiger partial charge in [0.05, 0.1) is 7.11 Å². The molecule has 0 aromatic heterocycles. The van der Waals surface area contributed by atoms with Gasteiger partial charge in [-0.15, -0.1) is 0 Å². The summed E-state index contributed by atoms with van der Waals surface area (Å²) in [7, 11) is 5.53. The summed E-state index contributed by atoms with van der Waals surface area (Å²) >= 11 is 0. The van der Waals surface area contributed by atoms with Crippen LogP contribution < -0.4 is 19.4 Å². The molecule has 1 heterocycles. The van der Waals surface area contributed by atoms with E-state index >= 15 is 0 Å². The predicted octanol–water partition coefficient (Wildman–Crippen LogP) is 4.19. The number of anilines is 3. The highest BCUT2D eigenvalue weighted by Gasteiger charge is 2.41. The smallest absolute Gasteiger partial charge is 0.255 e. The van der Waals surface area contributed by atoms with Gasteiger partial charge in [0.25, 0.3) is 5.91 Å². The number of piperazine rings is 1. The molecule has 6 heteroatoms. The number of amides is 2. The Morgan fingerprint density at radius 1 is 0.844 bits per heavy atom. The molecule has 1 aliphatic heterocycles. The fourth-order valence-electron chi connectivity index (χ4n) is 3.92. The first kappa shape index (κ1) is 21.4. The van der Waals surface area contributed by atoms with Gasteiger partial charge < -0.3 is 14.5 Å². The van der Waals surface area contributed by atoms with E-state index in [4.69, 9.17) is 4.74 Å². The second kappa shape index (κ2) is 8.75. The van der Waals surface area contributed by atoms with Crippen LogP contribution in [0.25, 0.3) is 0 Å². The zero-order valence-electron chi connectivity index (χ0n) is 18.8. The first-order valence-electron chi connectivity index (χ1n) is 10.5. The van der Waals surface area contributed by atoms with Crippen LogP contribution >= 0.6 is 0 Å². The van der Waals surface area contributed by atoms with Crippen LogP contribution in [0, 0.1) is 6.92 Å². The Bertz CT molecular complexity index is 1110. The highest BCUT2D eigenvalue weighted by Crippen LogP contribution is 2.35. The van der Waals surface area contributed by atoms with E-state index in [9.17, 15) is 9.59 Å². The largest absolute Gasteiger partial charge is 0.497 e. The number of methoxy groups -OCH3 is 1. The van der Waals surface area contributed by atoms with Crippen molar-refractivity contribution < 1.29 is 14.3 Å². The van der Waals surface area contributed by atoms with Gasteiger partial charge in [0.1, 0.15) is 18.3 Å². The molecule has 4 rings (SSSR count). The zero-order chi connectivity index (χ0) is 22.8. The Kier molecular flexibility index (Phi) is 5.86. The molecule has 32 heavy (non-hydrogen) atoms. The van der Waals surface area contributed by atoms with E-state index in [-0.39, 0.29) is 18.4 Å². The van der Waals surface area contributed by atoms with E-state index in [1.165, 1.54) is 0 Å². The number of carbonyl (C=O) groups excluding carboxylic acids is 2. The maximum absolute atomic E-state index is 13.8. The maximum atomic E-state index is 13.8. The SMILES string of the molecule is COc1ccc(N2C(=O)CN(c3ccc(C)cc3)C(=O)[C@H]2c2ccc(N(C)C)cc2)cc1. The minimum absolute atomic E-state index is 0.0137. The lowest BCUT2D eigenvalue weighted by atomic mass is 9.99. The number of nitrogens with zero attached hydrogens (tertiary/aromatic N) is 3. The van der Waals surface area contributed by atoms with E-state index in [1.807, 2.05) is 86.6 Å². The fraction of sp³-hybridized carbons (Fsp3) is 0.231. The molecule has 2 amide bonds. The molecule has 6 nitrogen and oxygen atoms in total. The second-order valence-corrected chi connectivity index (χ2v) is 8.11. The summed E-state index contributed by atoms with van der Waals surface area (Å²) in [5, 5.41) is 0. The molecule has 164 valence electrons. The molecule has 1 fully saturated rings. The molecule has 0 unspecified atom stereocenters. The van der Waals surface area contributed by atoms with Crippen LogP contribution in [0.4, 0.5) is 17.1 Å². The van der Waals surface area contributed by atoms with Crippen molar-refractivity contribution in [2.24, 2.45) is 0 Å². The lowest BCUT2D eigenvalue weighted by Crippen LogP contribution is -2.56. The molecule has 1 saturated heterocycles. The molecule has 3 aromatic rings. The highest BCUT2D eigenvalue weighted by atomic mass is 16.5. The van der Waals surface area contributed by atoms with Crippen molar-refractivity contribution in [3.05, 3.63) is 83.9 Å². The summed E-state index contributed by atoms with van der Waals surface area (Å²) in [4.78, 5) is 32.3. The molecule has 0 aliphatic carbocycles. The minimum Gasteiger partial charge on any atom is -0.497 e. The van der Waals surface area contributed by atoms with Crippen molar-refractivity contribution in [3.8, 4) is 5.75 Å². The van der Waals surface area contributed by atoms with E-state index < -0.39 is 6.04 Å². The molecular formula is C26H27N3O3. The van der Waals surface area contributed by atoms with Crippen LogP contribution in [-0.2, 0) is 9.59 Å². The van der Waals surface area contributed by atoms with Crippen molar-refractivity contribution in [1.29, 1.82) is 0 Å². The molecule has 3 aromatic carbocycles. The van der Waals surface area contributed by atoms with Gasteiger partial charge in [-0.2, -0.15) is 0 Å². The van der Waals surface area contributed by atoms with Gasteiger partial charge in [-0.05, 0) is 61.0 Å². The normalized spacial score (nSPS) is 16.3. The summed E-state index contributed by atoms with van der Waals surface area (Å²) in [5.41, 5.74) is 4.27. The topological polar surface area (TPSA) is 53.1 Å². The van der Waals surface area contributed by atoms with Gasteiger partial charge in [0, 0.05) is 31.2 Å². The van der Waals surface area contributed by atoms with Gasteiger partial charge >= 0.3 is 0 Å². The second-order valence-electron chi connectivity index (χ2n) is 8.11. The quantitative estimate of drug-likeness (QED) is 0.610. The lowest BCUT2D eigenvalue weighted by Gasteiger charge is -2.40. The summed E-state index contributed by atoms with van der Waals surface area (Å²) in [6.07, 6.45) is 0. The molecule has 0 spiro atoms. The molecule has 1 atom stereocenters. The van der Waals surface area contributed by atoms with Crippen molar-refractivity contribution in [1.82, 2.24) is 0 Å². The van der Waals surface area contributed by atoms with Gasteiger partial charge in [-0.1, -0.05) is 29.8 Å². The van der Waals surface area contributed by atoms with Crippen LogP contribution in [0.3, 0.4) is 0 Å². The first-order chi connectivity index (χ1) is 15.4. The summed E-state index contributed by atoms with van der Waals surface area (Å²) < 4.78 is 5.25. The summed E-state index contributed by atoms with van der Waals surface area (Å²) in [5.74, 6) is 0.414. The highest BCUT2D eigenvalue weighted by molar-refractivity contribution is 6.14. The fourth-order valence-corrected chi connectivity index (χ4v) is 3.92. The Labute approximate surface area is 188 Å². The number of aryl methyl sites for hydroxylation is 1. The number of carbonyl (C=O) groups is 2. The monoisotopic (exact) mass is 429 g/mol. The van der Waals surface area contributed by atoms with Gasteiger partial charge in [0.2, 0.25) is 5.91 Å². The number of ether oxygens (including phenoxy) is 1. The molecular weight excluding hydrogens is 402 g/mol. The third kappa shape index (κ3) is 4.04. The molecule has 0 N–H and O–H groups in total. The zero-order valence-corrected chi connectivity index (χ0v) is 18.8. The average molecular weight is 430 g/mol. The average Bonchev–Trinajstić information content (AvgIpc) is 2.81. The third-order valence-corrected chi connectivity index (χ3v) is 5.74. The van der Waals surface area contributed by atoms with Crippen LogP contribution in [0.5, 0.6) is 5.75 Å². The Balaban J connectivity index is 1.78. The van der Waals surface area contributed by atoms with Crippen LogP contribution in [0.2, 0.25) is 0 Å². The molecule has 0 bridgehead atoms. The van der Waals surface area contributed by atoms with Crippen LogP contribution in [0.1, 0.15) is 17.2 Å². The molecule has 0 radical (unpaired) electrons. The first-order valence-corrected chi connectivity index (χ1v) is 10.5. The van der Waals surface area contributed by atoms with E-state index in [0.29, 0.717) is 11.4 Å². The van der Waals surface area contributed by atoms with Crippen LogP contribution in [0.15, 0.2) is 72.8 Å². The minimum atomic E-state index is -0.762. The number of rotatable bonds is 5. The van der Waals surface area contributed by atoms with Crippen molar-refractivity contribution in [2.75, 3.05) is 42.4 Å². The summed E-state index contributed by atoms with van der Waals surface area (Å²) in [6.45, 7) is 1.98. The third-order valence-electron chi connectivity index (χ3n) is 5.74. The van der Waals surface area contributed by atoms with Crippen molar-refractivity contribution >= 4 is 28.9 Å². The van der Waals surface area contributed by atoms with Gasteiger partial charge in [-0.25, -0.2) is 0 Å². The molecule has 0 saturated carbocycles. The van der Waals surface area contributed by atoms with Crippen LogP contribution in [-0.4, -0.2) is 39.6 Å². The lowest BCUT2D eigenvalue weighted by molar-refractivity contribution is -0.128. The Hall–Kier alpha value is -3.80. The van der Waals surface area contributed by atoms with E-state index in [2.05, 4.69) is 0 Å². The Morgan fingerprint density at radius 3 is 2.00 bits per heavy atom. The number of hydrogen-bond donors (Lipinski definition) is 0. The Morgan fingerprint density at radius 2 is 1.44 bits per heavy atom. The maximum Gasteiger partial charge on any atom is 0.255 e.